The summed E-state index contributed by atoms with van der Waals surface area (Å²) in [5, 5.41) is 5.94. The molecule has 0 saturated heterocycles. The van der Waals surface area contributed by atoms with Crippen LogP contribution < -0.4 is 15.4 Å². The van der Waals surface area contributed by atoms with Crippen molar-refractivity contribution in [3.05, 3.63) is 48.3 Å². The lowest BCUT2D eigenvalue weighted by atomic mass is 10.3. The molecule has 0 spiro atoms. The highest BCUT2D eigenvalue weighted by Crippen LogP contribution is 2.13. The minimum atomic E-state index is -2.64. The lowest BCUT2D eigenvalue weighted by molar-refractivity contribution is 0.0668. The normalized spacial score (nSPS) is 12.5. The molecular formula is C16H21F3IN5O. The molecule has 144 valence electrons. The van der Waals surface area contributed by atoms with E-state index in [-0.39, 0.29) is 48.3 Å². The summed E-state index contributed by atoms with van der Waals surface area (Å²) < 4.78 is 44.8. The Morgan fingerprint density at radius 3 is 2.58 bits per heavy atom. The largest absolute Gasteiger partial charge is 0.489 e. The standard InChI is InChI=1S/C16H20F3N5O.HI/c1-11(25-13-5-3-12(17)4-6-13)9-22-16(20-2)23-10-14-21-7-8-24(14)15(18)19;/h3-8,11,15H,9-10H2,1-2H3,(H2,20,22,23);1H. The predicted molar refractivity (Wildman–Crippen MR) is 104 cm³/mol. The van der Waals surface area contributed by atoms with Gasteiger partial charge < -0.3 is 15.4 Å². The molecular weight excluding hydrogens is 462 g/mol. The maximum Gasteiger partial charge on any atom is 0.319 e. The molecule has 0 saturated carbocycles. The van der Waals surface area contributed by atoms with Gasteiger partial charge in [0.15, 0.2) is 5.96 Å². The molecule has 0 radical (unpaired) electrons. The number of ether oxygens (including phenoxy) is 1. The molecule has 0 aliphatic heterocycles. The highest BCUT2D eigenvalue weighted by molar-refractivity contribution is 14.0. The molecule has 2 rings (SSSR count). The molecule has 1 unspecified atom stereocenters. The lowest BCUT2D eigenvalue weighted by Gasteiger charge is -2.18. The van der Waals surface area contributed by atoms with Crippen LogP contribution in [0, 0.1) is 5.82 Å². The molecule has 1 atom stereocenters. The van der Waals surface area contributed by atoms with Gasteiger partial charge >= 0.3 is 6.55 Å². The Morgan fingerprint density at radius 2 is 1.96 bits per heavy atom. The number of guanidine groups is 1. The van der Waals surface area contributed by atoms with E-state index in [1.54, 1.807) is 19.2 Å². The van der Waals surface area contributed by atoms with Crippen LogP contribution in [-0.4, -0.2) is 35.2 Å². The fraction of sp³-hybridized carbons (Fsp3) is 0.375. The van der Waals surface area contributed by atoms with Gasteiger partial charge in [-0.3, -0.25) is 9.56 Å². The van der Waals surface area contributed by atoms with E-state index >= 15 is 0 Å². The zero-order valence-corrected chi connectivity index (χ0v) is 16.7. The maximum atomic E-state index is 12.9. The summed E-state index contributed by atoms with van der Waals surface area (Å²) in [6.45, 7) is -0.282. The van der Waals surface area contributed by atoms with E-state index in [0.717, 1.165) is 4.57 Å². The Labute approximate surface area is 166 Å². The number of hydrogen-bond acceptors (Lipinski definition) is 3. The number of benzene rings is 1. The summed E-state index contributed by atoms with van der Waals surface area (Å²) in [4.78, 5) is 7.90. The second kappa shape index (κ2) is 10.9. The van der Waals surface area contributed by atoms with Gasteiger partial charge in [-0.1, -0.05) is 0 Å². The molecule has 0 fully saturated rings. The molecule has 0 aliphatic carbocycles. The molecule has 0 aliphatic rings. The number of halogens is 4. The van der Waals surface area contributed by atoms with Crippen molar-refractivity contribution < 1.29 is 17.9 Å². The van der Waals surface area contributed by atoms with Crippen LogP contribution in [0.25, 0.3) is 0 Å². The Balaban J connectivity index is 0.00000338. The summed E-state index contributed by atoms with van der Waals surface area (Å²) in [7, 11) is 1.57. The first-order chi connectivity index (χ1) is 12.0. The highest BCUT2D eigenvalue weighted by Gasteiger charge is 2.12. The number of nitrogens with one attached hydrogen (secondary N) is 2. The van der Waals surface area contributed by atoms with Gasteiger partial charge in [-0.15, -0.1) is 24.0 Å². The van der Waals surface area contributed by atoms with Crippen molar-refractivity contribution in [2.45, 2.75) is 26.1 Å². The van der Waals surface area contributed by atoms with Gasteiger partial charge in [-0.2, -0.15) is 8.78 Å². The molecule has 2 N–H and O–H groups in total. The van der Waals surface area contributed by atoms with Gasteiger partial charge in [0.2, 0.25) is 0 Å². The Bertz CT molecular complexity index is 693. The number of rotatable bonds is 7. The van der Waals surface area contributed by atoms with Crippen molar-refractivity contribution in [3.8, 4) is 5.75 Å². The summed E-state index contributed by atoms with van der Waals surface area (Å²) in [5.41, 5.74) is 0. The SMILES string of the molecule is CN=C(NCc1nccn1C(F)F)NCC(C)Oc1ccc(F)cc1.I. The van der Waals surface area contributed by atoms with E-state index in [1.165, 1.54) is 24.5 Å². The van der Waals surface area contributed by atoms with Gasteiger partial charge in [0, 0.05) is 19.4 Å². The first-order valence-corrected chi connectivity index (χ1v) is 7.66. The van der Waals surface area contributed by atoms with E-state index in [4.69, 9.17) is 4.74 Å². The number of alkyl halides is 2. The summed E-state index contributed by atoms with van der Waals surface area (Å²) in [5.74, 6) is 0.856. The Hall–Kier alpha value is -1.98. The van der Waals surface area contributed by atoms with Crippen LogP contribution in [0.2, 0.25) is 0 Å². The van der Waals surface area contributed by atoms with E-state index in [2.05, 4.69) is 20.6 Å². The number of nitrogens with zero attached hydrogens (tertiary/aromatic N) is 3. The summed E-state index contributed by atoms with van der Waals surface area (Å²) >= 11 is 0. The second-order valence-corrected chi connectivity index (χ2v) is 5.22. The average molecular weight is 483 g/mol. The third-order valence-corrected chi connectivity index (χ3v) is 3.30. The minimum Gasteiger partial charge on any atom is -0.489 e. The minimum absolute atomic E-state index is 0. The first kappa shape index (κ1) is 22.1. The van der Waals surface area contributed by atoms with E-state index in [1.807, 2.05) is 6.92 Å². The van der Waals surface area contributed by atoms with Gasteiger partial charge in [0.1, 0.15) is 23.5 Å². The number of hydrogen-bond donors (Lipinski definition) is 2. The van der Waals surface area contributed by atoms with Crippen molar-refractivity contribution in [3.63, 3.8) is 0 Å². The molecule has 6 nitrogen and oxygen atoms in total. The van der Waals surface area contributed by atoms with Crippen LogP contribution in [0.5, 0.6) is 5.75 Å². The van der Waals surface area contributed by atoms with Crippen LogP contribution in [0.1, 0.15) is 19.3 Å². The number of aromatic nitrogens is 2. The zero-order valence-electron chi connectivity index (χ0n) is 14.3. The predicted octanol–water partition coefficient (Wildman–Crippen LogP) is 3.17. The average Bonchev–Trinajstić information content (AvgIpc) is 3.06. The molecule has 0 amide bonds. The third-order valence-electron chi connectivity index (χ3n) is 3.30. The third kappa shape index (κ3) is 6.73. The first-order valence-electron chi connectivity index (χ1n) is 7.66. The quantitative estimate of drug-likeness (QED) is 0.361. The Morgan fingerprint density at radius 1 is 1.27 bits per heavy atom. The second-order valence-electron chi connectivity index (χ2n) is 5.22. The van der Waals surface area contributed by atoms with Crippen molar-refractivity contribution in [1.82, 2.24) is 20.2 Å². The topological polar surface area (TPSA) is 63.5 Å². The number of imidazole rings is 1. The molecule has 1 aromatic carbocycles. The van der Waals surface area contributed by atoms with E-state index < -0.39 is 6.55 Å². The van der Waals surface area contributed by atoms with Crippen molar-refractivity contribution >= 4 is 29.9 Å². The van der Waals surface area contributed by atoms with Gasteiger partial charge in [0.05, 0.1) is 13.1 Å². The molecule has 0 bridgehead atoms. The van der Waals surface area contributed by atoms with Gasteiger partial charge in [-0.25, -0.2) is 9.37 Å². The molecule has 26 heavy (non-hydrogen) atoms. The molecule has 1 heterocycles. The number of aliphatic imine (C=N–C) groups is 1. The monoisotopic (exact) mass is 483 g/mol. The Kier molecular flexibility index (Phi) is 9.24. The van der Waals surface area contributed by atoms with Crippen LogP contribution in [0.3, 0.4) is 0 Å². The molecule has 2 aromatic rings. The van der Waals surface area contributed by atoms with Crippen LogP contribution in [0.4, 0.5) is 13.2 Å². The smallest absolute Gasteiger partial charge is 0.319 e. The molecule has 1 aromatic heterocycles. The van der Waals surface area contributed by atoms with Gasteiger partial charge in [-0.05, 0) is 31.2 Å². The molecule has 10 heteroatoms. The van der Waals surface area contributed by atoms with E-state index in [0.29, 0.717) is 18.3 Å². The van der Waals surface area contributed by atoms with Crippen LogP contribution in [0.15, 0.2) is 41.7 Å². The highest BCUT2D eigenvalue weighted by atomic mass is 127. The fourth-order valence-corrected chi connectivity index (χ4v) is 2.07. The van der Waals surface area contributed by atoms with E-state index in [9.17, 15) is 13.2 Å². The van der Waals surface area contributed by atoms with Crippen molar-refractivity contribution in [1.29, 1.82) is 0 Å². The van der Waals surface area contributed by atoms with Crippen LogP contribution >= 0.6 is 24.0 Å². The summed E-state index contributed by atoms with van der Waals surface area (Å²) in [6, 6.07) is 5.73. The van der Waals surface area contributed by atoms with Crippen molar-refractivity contribution in [2.24, 2.45) is 4.99 Å². The van der Waals surface area contributed by atoms with Crippen molar-refractivity contribution in [2.75, 3.05) is 13.6 Å². The van der Waals surface area contributed by atoms with Gasteiger partial charge in [0.25, 0.3) is 0 Å². The zero-order chi connectivity index (χ0) is 18.2. The summed E-state index contributed by atoms with van der Waals surface area (Å²) in [6.07, 6.45) is 2.32. The fourth-order valence-electron chi connectivity index (χ4n) is 2.07. The maximum absolute atomic E-state index is 12.9. The lowest BCUT2D eigenvalue weighted by Crippen LogP contribution is -2.41. The van der Waals surface area contributed by atoms with Crippen LogP contribution in [-0.2, 0) is 6.54 Å².